The van der Waals surface area contributed by atoms with Crippen molar-refractivity contribution < 1.29 is 13.5 Å². The highest BCUT2D eigenvalue weighted by atomic mass is 35.5. The monoisotopic (exact) mass is 351 g/mol. The van der Waals surface area contributed by atoms with Crippen LogP contribution in [0.4, 0.5) is 0 Å². The van der Waals surface area contributed by atoms with Gasteiger partial charge in [-0.2, -0.15) is 0 Å². The van der Waals surface area contributed by atoms with E-state index in [1.807, 2.05) is 0 Å². The van der Waals surface area contributed by atoms with E-state index >= 15 is 0 Å². The van der Waals surface area contributed by atoms with Crippen molar-refractivity contribution in [3.63, 3.8) is 0 Å². The fraction of sp³-hybridized carbons (Fsp3) is 0.571. The number of nitrogens with one attached hydrogen (secondary N) is 1. The first kappa shape index (κ1) is 17.0. The normalized spacial score (nSPS) is 23.2. The van der Waals surface area contributed by atoms with Gasteiger partial charge in [0.25, 0.3) is 0 Å². The van der Waals surface area contributed by atoms with Crippen LogP contribution in [0.5, 0.6) is 0 Å². The fourth-order valence-corrected chi connectivity index (χ4v) is 4.89. The Balaban J connectivity index is 2.31. The maximum absolute atomic E-state index is 12.5. The number of halogens is 2. The van der Waals surface area contributed by atoms with Gasteiger partial charge in [0, 0.05) is 11.1 Å². The Morgan fingerprint density at radius 1 is 1.24 bits per heavy atom. The molecular weight excluding hydrogens is 333 g/mol. The number of hydrogen-bond donors (Lipinski definition) is 2. The van der Waals surface area contributed by atoms with Crippen molar-refractivity contribution in [3.8, 4) is 0 Å². The van der Waals surface area contributed by atoms with Crippen LogP contribution in [0.3, 0.4) is 0 Å². The zero-order chi connectivity index (χ0) is 15.6. The highest BCUT2D eigenvalue weighted by Gasteiger charge is 2.28. The summed E-state index contributed by atoms with van der Waals surface area (Å²) in [5.74, 6) is 0.303. The van der Waals surface area contributed by atoms with Crippen molar-refractivity contribution in [1.29, 1.82) is 0 Å². The van der Waals surface area contributed by atoms with Gasteiger partial charge in [-0.25, -0.2) is 13.1 Å². The molecule has 7 heteroatoms. The van der Waals surface area contributed by atoms with Gasteiger partial charge in [-0.15, -0.1) is 0 Å². The second-order valence-electron chi connectivity index (χ2n) is 5.52. The molecule has 0 aliphatic heterocycles. The van der Waals surface area contributed by atoms with Crippen molar-refractivity contribution in [2.75, 3.05) is 0 Å². The summed E-state index contributed by atoms with van der Waals surface area (Å²) in [6.45, 7) is 1.72. The zero-order valence-corrected chi connectivity index (χ0v) is 14.1. The van der Waals surface area contributed by atoms with Crippen molar-refractivity contribution in [1.82, 2.24) is 4.72 Å². The highest BCUT2D eigenvalue weighted by molar-refractivity contribution is 7.89. The summed E-state index contributed by atoms with van der Waals surface area (Å²) >= 11 is 11.9. The molecule has 4 nitrogen and oxygen atoms in total. The molecule has 1 aromatic carbocycles. The van der Waals surface area contributed by atoms with E-state index in [2.05, 4.69) is 11.6 Å². The smallest absolute Gasteiger partial charge is 0.242 e. The molecule has 0 saturated heterocycles. The van der Waals surface area contributed by atoms with E-state index in [1.165, 1.54) is 12.1 Å². The Morgan fingerprint density at radius 2 is 1.90 bits per heavy atom. The zero-order valence-electron chi connectivity index (χ0n) is 11.8. The van der Waals surface area contributed by atoms with Crippen LogP contribution in [0.2, 0.25) is 10.0 Å². The Morgan fingerprint density at radius 3 is 2.52 bits per heavy atom. The Labute approximate surface area is 135 Å². The molecule has 1 saturated carbocycles. The van der Waals surface area contributed by atoms with Gasteiger partial charge in [0.1, 0.15) is 4.90 Å². The fourth-order valence-electron chi connectivity index (χ4n) is 2.65. The molecule has 2 atom stereocenters. The molecule has 21 heavy (non-hydrogen) atoms. The van der Waals surface area contributed by atoms with E-state index in [-0.39, 0.29) is 27.6 Å². The largest absolute Gasteiger partial charge is 0.392 e. The summed E-state index contributed by atoms with van der Waals surface area (Å²) in [5, 5.41) is 9.54. The average molecular weight is 352 g/mol. The molecule has 0 bridgehead atoms. The van der Waals surface area contributed by atoms with Gasteiger partial charge < -0.3 is 5.11 Å². The number of sulfonamides is 1. The maximum Gasteiger partial charge on any atom is 0.242 e. The first-order valence-electron chi connectivity index (χ1n) is 6.96. The van der Waals surface area contributed by atoms with Crippen molar-refractivity contribution in [2.45, 2.75) is 50.2 Å². The lowest BCUT2D eigenvalue weighted by molar-refractivity contribution is 0.281. The molecule has 0 heterocycles. The molecule has 2 N–H and O–H groups in total. The molecule has 2 unspecified atom stereocenters. The summed E-state index contributed by atoms with van der Waals surface area (Å²) in [4.78, 5) is -0.0320. The molecule has 1 aromatic rings. The van der Waals surface area contributed by atoms with Crippen LogP contribution in [0.25, 0.3) is 0 Å². The van der Waals surface area contributed by atoms with E-state index < -0.39 is 10.0 Å². The number of benzene rings is 1. The second-order valence-corrected chi connectivity index (χ2v) is 8.02. The lowest BCUT2D eigenvalue weighted by Gasteiger charge is -2.29. The quantitative estimate of drug-likeness (QED) is 0.873. The third kappa shape index (κ3) is 3.90. The van der Waals surface area contributed by atoms with E-state index in [0.717, 1.165) is 25.7 Å². The van der Waals surface area contributed by atoms with E-state index in [9.17, 15) is 13.5 Å². The van der Waals surface area contributed by atoms with Crippen LogP contribution in [0.1, 0.15) is 38.2 Å². The lowest BCUT2D eigenvalue weighted by Crippen LogP contribution is -2.41. The molecule has 1 fully saturated rings. The maximum atomic E-state index is 12.5. The summed E-state index contributed by atoms with van der Waals surface area (Å²) in [6, 6.07) is 2.61. The van der Waals surface area contributed by atoms with Crippen LogP contribution >= 0.6 is 23.2 Å². The number of rotatable bonds is 4. The SMILES string of the molecule is CC1CCCCC1NS(=O)(=O)c1cc(CO)c(Cl)cc1Cl. The summed E-state index contributed by atoms with van der Waals surface area (Å²) < 4.78 is 27.8. The molecule has 1 aliphatic rings. The average Bonchev–Trinajstić information content (AvgIpc) is 2.41. The topological polar surface area (TPSA) is 66.4 Å². The Hall–Kier alpha value is -0.330. The van der Waals surface area contributed by atoms with Gasteiger partial charge in [-0.1, -0.05) is 43.0 Å². The van der Waals surface area contributed by atoms with Gasteiger partial charge in [0.15, 0.2) is 0 Å². The lowest BCUT2D eigenvalue weighted by atomic mass is 9.87. The third-order valence-electron chi connectivity index (χ3n) is 3.98. The van der Waals surface area contributed by atoms with Crippen molar-refractivity contribution in [3.05, 3.63) is 27.7 Å². The van der Waals surface area contributed by atoms with E-state index in [4.69, 9.17) is 23.2 Å². The number of aliphatic hydroxyl groups is 1. The van der Waals surface area contributed by atoms with Crippen LogP contribution < -0.4 is 4.72 Å². The molecule has 0 aromatic heterocycles. The van der Waals surface area contributed by atoms with Crippen LogP contribution in [0.15, 0.2) is 17.0 Å². The van der Waals surface area contributed by atoms with Crippen LogP contribution in [-0.2, 0) is 16.6 Å². The van der Waals surface area contributed by atoms with Crippen LogP contribution in [0, 0.1) is 5.92 Å². The summed E-state index contributed by atoms with van der Waals surface area (Å²) in [6.07, 6.45) is 4.01. The molecular formula is C14H19Cl2NO3S. The molecule has 0 amide bonds. The summed E-state index contributed by atoms with van der Waals surface area (Å²) in [7, 11) is -3.72. The first-order valence-corrected chi connectivity index (χ1v) is 9.20. The summed E-state index contributed by atoms with van der Waals surface area (Å²) in [5.41, 5.74) is 0.345. The minimum atomic E-state index is -3.72. The predicted octanol–water partition coefficient (Wildman–Crippen LogP) is 3.34. The number of aliphatic hydroxyl groups excluding tert-OH is 1. The van der Waals surface area contributed by atoms with Gasteiger partial charge in [0.05, 0.1) is 11.6 Å². The molecule has 1 aliphatic carbocycles. The minimum absolute atomic E-state index is 0.0320. The molecule has 0 spiro atoms. The molecule has 118 valence electrons. The van der Waals surface area contributed by atoms with Gasteiger partial charge >= 0.3 is 0 Å². The Bertz CT molecular complexity index is 619. The van der Waals surface area contributed by atoms with Gasteiger partial charge in [-0.3, -0.25) is 0 Å². The molecule has 0 radical (unpaired) electrons. The second kappa shape index (κ2) is 6.84. The van der Waals surface area contributed by atoms with Crippen molar-refractivity contribution >= 4 is 33.2 Å². The standard InChI is InChI=1S/C14H19Cl2NO3S/c1-9-4-2-3-5-13(9)17-21(19,20)14-6-10(8-18)11(15)7-12(14)16/h6-7,9,13,17-18H,2-5,8H2,1H3. The molecule has 2 rings (SSSR count). The minimum Gasteiger partial charge on any atom is -0.392 e. The van der Waals surface area contributed by atoms with Crippen LogP contribution in [-0.4, -0.2) is 19.6 Å². The highest BCUT2D eigenvalue weighted by Crippen LogP contribution is 2.30. The van der Waals surface area contributed by atoms with E-state index in [0.29, 0.717) is 11.5 Å². The predicted molar refractivity (Wildman–Crippen MR) is 84.1 cm³/mol. The third-order valence-corrected chi connectivity index (χ3v) is 6.29. The van der Waals surface area contributed by atoms with Crippen molar-refractivity contribution in [2.24, 2.45) is 5.92 Å². The van der Waals surface area contributed by atoms with E-state index in [1.54, 1.807) is 0 Å². The number of hydrogen-bond acceptors (Lipinski definition) is 3. The first-order chi connectivity index (χ1) is 9.85. The van der Waals surface area contributed by atoms with Gasteiger partial charge in [0.2, 0.25) is 10.0 Å². The van der Waals surface area contributed by atoms with Gasteiger partial charge in [-0.05, 0) is 36.5 Å². The Kier molecular flexibility index (Phi) is 5.54.